The number of likely N-dealkylation sites (tertiary alicyclic amines) is 1. The highest BCUT2D eigenvalue weighted by molar-refractivity contribution is 5.79. The third kappa shape index (κ3) is 3.30. The molecule has 1 unspecified atom stereocenters. The van der Waals surface area contributed by atoms with Crippen LogP contribution in [0.3, 0.4) is 0 Å². The maximum absolute atomic E-state index is 11.4. The molecule has 0 aromatic heterocycles. The Morgan fingerprint density at radius 3 is 2.76 bits per heavy atom. The van der Waals surface area contributed by atoms with E-state index in [-0.39, 0.29) is 11.9 Å². The Kier molecular flexibility index (Phi) is 4.15. The van der Waals surface area contributed by atoms with Crippen molar-refractivity contribution >= 4 is 5.91 Å². The van der Waals surface area contributed by atoms with Gasteiger partial charge in [-0.2, -0.15) is 0 Å². The fourth-order valence-electron chi connectivity index (χ4n) is 2.50. The summed E-state index contributed by atoms with van der Waals surface area (Å²) in [7, 11) is 0. The van der Waals surface area contributed by atoms with E-state index in [2.05, 4.69) is 29.2 Å². The number of primary amides is 1. The standard InChI is InChI=1S/C14H20N2O/c15-14(17)13-8-4-5-10-16(13)11-9-12-6-2-1-3-7-12/h1-3,6-7,13H,4-5,8-11H2,(H2,15,17). The number of amides is 1. The van der Waals surface area contributed by atoms with Gasteiger partial charge >= 0.3 is 0 Å². The first kappa shape index (κ1) is 12.1. The Bertz CT molecular complexity index is 364. The van der Waals surface area contributed by atoms with Crippen LogP contribution in [-0.2, 0) is 11.2 Å². The molecule has 3 nitrogen and oxygen atoms in total. The minimum atomic E-state index is -0.169. The van der Waals surface area contributed by atoms with Crippen LogP contribution in [0.2, 0.25) is 0 Å². The summed E-state index contributed by atoms with van der Waals surface area (Å²) in [5, 5.41) is 0. The highest BCUT2D eigenvalue weighted by Crippen LogP contribution is 2.17. The molecule has 2 rings (SSSR count). The number of piperidine rings is 1. The molecule has 0 bridgehead atoms. The van der Waals surface area contributed by atoms with Crippen LogP contribution in [0.4, 0.5) is 0 Å². The lowest BCUT2D eigenvalue weighted by atomic mass is 10.0. The van der Waals surface area contributed by atoms with Crippen LogP contribution in [0, 0.1) is 0 Å². The van der Waals surface area contributed by atoms with Gasteiger partial charge in [-0.15, -0.1) is 0 Å². The Morgan fingerprint density at radius 2 is 2.06 bits per heavy atom. The molecule has 2 N–H and O–H groups in total. The van der Waals surface area contributed by atoms with Gasteiger partial charge in [-0.25, -0.2) is 0 Å². The summed E-state index contributed by atoms with van der Waals surface area (Å²) in [5.41, 5.74) is 6.77. The molecule has 0 saturated carbocycles. The zero-order valence-corrected chi connectivity index (χ0v) is 10.1. The quantitative estimate of drug-likeness (QED) is 0.856. The van der Waals surface area contributed by atoms with Crippen molar-refractivity contribution in [3.05, 3.63) is 35.9 Å². The largest absolute Gasteiger partial charge is 0.368 e. The lowest BCUT2D eigenvalue weighted by molar-refractivity contribution is -0.124. The highest BCUT2D eigenvalue weighted by atomic mass is 16.1. The predicted octanol–water partition coefficient (Wildman–Crippen LogP) is 1.57. The van der Waals surface area contributed by atoms with Gasteiger partial charge < -0.3 is 5.73 Å². The van der Waals surface area contributed by atoms with Crippen molar-refractivity contribution in [2.75, 3.05) is 13.1 Å². The molecule has 1 amide bonds. The van der Waals surface area contributed by atoms with Crippen LogP contribution in [0.5, 0.6) is 0 Å². The number of carbonyl (C=O) groups is 1. The summed E-state index contributed by atoms with van der Waals surface area (Å²) in [4.78, 5) is 13.6. The van der Waals surface area contributed by atoms with Crippen molar-refractivity contribution in [3.63, 3.8) is 0 Å². The molecule has 1 aliphatic heterocycles. The van der Waals surface area contributed by atoms with Gasteiger partial charge in [0.25, 0.3) is 0 Å². The van der Waals surface area contributed by atoms with E-state index < -0.39 is 0 Å². The molecule has 1 saturated heterocycles. The Balaban J connectivity index is 1.90. The fourth-order valence-corrected chi connectivity index (χ4v) is 2.50. The molecule has 17 heavy (non-hydrogen) atoms. The average Bonchev–Trinajstić information content (AvgIpc) is 2.38. The Hall–Kier alpha value is -1.35. The van der Waals surface area contributed by atoms with Crippen molar-refractivity contribution in [3.8, 4) is 0 Å². The molecule has 3 heteroatoms. The second-order valence-corrected chi connectivity index (χ2v) is 4.69. The maximum Gasteiger partial charge on any atom is 0.234 e. The molecular formula is C14H20N2O. The number of hydrogen-bond donors (Lipinski definition) is 1. The van der Waals surface area contributed by atoms with E-state index in [0.29, 0.717) is 0 Å². The van der Waals surface area contributed by atoms with Gasteiger partial charge in [0.2, 0.25) is 5.91 Å². The lowest BCUT2D eigenvalue weighted by Crippen LogP contribution is -2.48. The van der Waals surface area contributed by atoms with E-state index in [1.807, 2.05) is 6.07 Å². The molecule has 92 valence electrons. The number of nitrogens with two attached hydrogens (primary N) is 1. The van der Waals surface area contributed by atoms with Gasteiger partial charge in [-0.1, -0.05) is 36.8 Å². The number of rotatable bonds is 4. The topological polar surface area (TPSA) is 46.3 Å². The van der Waals surface area contributed by atoms with Crippen LogP contribution in [0.15, 0.2) is 30.3 Å². The van der Waals surface area contributed by atoms with Crippen LogP contribution in [0.1, 0.15) is 24.8 Å². The van der Waals surface area contributed by atoms with Crippen molar-refractivity contribution in [1.29, 1.82) is 0 Å². The molecule has 1 aromatic carbocycles. The minimum Gasteiger partial charge on any atom is -0.368 e. The predicted molar refractivity (Wildman–Crippen MR) is 68.6 cm³/mol. The monoisotopic (exact) mass is 232 g/mol. The molecule has 0 radical (unpaired) electrons. The molecule has 1 aliphatic rings. The second kappa shape index (κ2) is 5.82. The smallest absolute Gasteiger partial charge is 0.234 e. The summed E-state index contributed by atoms with van der Waals surface area (Å²) < 4.78 is 0. The third-order valence-electron chi connectivity index (χ3n) is 3.47. The van der Waals surface area contributed by atoms with Gasteiger partial charge in [0.1, 0.15) is 0 Å². The number of nitrogens with zero attached hydrogens (tertiary/aromatic N) is 1. The summed E-state index contributed by atoms with van der Waals surface area (Å²) in [6.45, 7) is 1.93. The fraction of sp³-hybridized carbons (Fsp3) is 0.500. The molecule has 0 aliphatic carbocycles. The van der Waals surface area contributed by atoms with Gasteiger partial charge in [-0.05, 0) is 31.4 Å². The molecule has 1 fully saturated rings. The molecule has 1 atom stereocenters. The van der Waals surface area contributed by atoms with Gasteiger partial charge in [0.15, 0.2) is 0 Å². The van der Waals surface area contributed by atoms with E-state index >= 15 is 0 Å². The SMILES string of the molecule is NC(=O)C1CCCCN1CCc1ccccc1. The zero-order chi connectivity index (χ0) is 12.1. The maximum atomic E-state index is 11.4. The summed E-state index contributed by atoms with van der Waals surface area (Å²) in [6.07, 6.45) is 4.21. The zero-order valence-electron chi connectivity index (χ0n) is 10.1. The normalized spacial score (nSPS) is 21.3. The first-order chi connectivity index (χ1) is 8.27. The summed E-state index contributed by atoms with van der Waals surface area (Å²) in [5.74, 6) is -0.169. The number of hydrogen-bond acceptors (Lipinski definition) is 2. The molecule has 0 spiro atoms. The second-order valence-electron chi connectivity index (χ2n) is 4.69. The lowest BCUT2D eigenvalue weighted by Gasteiger charge is -2.33. The highest BCUT2D eigenvalue weighted by Gasteiger charge is 2.26. The van der Waals surface area contributed by atoms with Gasteiger partial charge in [0, 0.05) is 6.54 Å². The van der Waals surface area contributed by atoms with Crippen molar-refractivity contribution < 1.29 is 4.79 Å². The molecule has 1 heterocycles. The third-order valence-corrected chi connectivity index (χ3v) is 3.47. The number of carbonyl (C=O) groups excluding carboxylic acids is 1. The first-order valence-electron chi connectivity index (χ1n) is 6.34. The molecule has 1 aromatic rings. The Labute approximate surface area is 103 Å². The van der Waals surface area contributed by atoms with Gasteiger partial charge in [0.05, 0.1) is 6.04 Å². The van der Waals surface area contributed by atoms with E-state index in [1.54, 1.807) is 0 Å². The van der Waals surface area contributed by atoms with Crippen LogP contribution in [-0.4, -0.2) is 29.9 Å². The van der Waals surface area contributed by atoms with Crippen molar-refractivity contribution in [1.82, 2.24) is 4.90 Å². The van der Waals surface area contributed by atoms with E-state index in [9.17, 15) is 4.79 Å². The van der Waals surface area contributed by atoms with E-state index in [0.717, 1.165) is 32.4 Å². The van der Waals surface area contributed by atoms with Crippen molar-refractivity contribution in [2.45, 2.75) is 31.7 Å². The van der Waals surface area contributed by atoms with Gasteiger partial charge in [-0.3, -0.25) is 9.69 Å². The van der Waals surface area contributed by atoms with Crippen LogP contribution >= 0.6 is 0 Å². The van der Waals surface area contributed by atoms with Crippen LogP contribution in [0.25, 0.3) is 0 Å². The average molecular weight is 232 g/mol. The first-order valence-corrected chi connectivity index (χ1v) is 6.34. The van der Waals surface area contributed by atoms with E-state index in [4.69, 9.17) is 5.73 Å². The summed E-state index contributed by atoms with van der Waals surface area (Å²) in [6, 6.07) is 10.3. The minimum absolute atomic E-state index is 0.0486. The van der Waals surface area contributed by atoms with E-state index in [1.165, 1.54) is 12.0 Å². The number of benzene rings is 1. The summed E-state index contributed by atoms with van der Waals surface area (Å²) >= 11 is 0. The van der Waals surface area contributed by atoms with Crippen molar-refractivity contribution in [2.24, 2.45) is 5.73 Å². The van der Waals surface area contributed by atoms with Crippen LogP contribution < -0.4 is 5.73 Å². The molecular weight excluding hydrogens is 212 g/mol. The Morgan fingerprint density at radius 1 is 1.29 bits per heavy atom.